The maximum absolute atomic E-state index is 10.6. The van der Waals surface area contributed by atoms with E-state index in [0.29, 0.717) is 0 Å². The van der Waals surface area contributed by atoms with Crippen LogP contribution in [0.15, 0.2) is 0 Å². The number of hydrogen-bond donors (Lipinski definition) is 3. The number of rotatable bonds is 4. The summed E-state index contributed by atoms with van der Waals surface area (Å²) in [7, 11) is 0. The van der Waals surface area contributed by atoms with Gasteiger partial charge in [-0.2, -0.15) is 0 Å². The van der Waals surface area contributed by atoms with Gasteiger partial charge in [-0.1, -0.05) is 0 Å². The van der Waals surface area contributed by atoms with Gasteiger partial charge in [0.2, 0.25) is 5.60 Å². The third-order valence-corrected chi connectivity index (χ3v) is 1.41. The summed E-state index contributed by atoms with van der Waals surface area (Å²) >= 11 is 0. The molecule has 5 nitrogen and oxygen atoms in total. The molecular weight excluding hydrogens is 152 g/mol. The minimum absolute atomic E-state index is 0.0871. The first-order chi connectivity index (χ1) is 4.99. The Bertz CT molecular complexity index is 164. The molecule has 0 saturated heterocycles. The number of aliphatic hydroxyl groups is 3. The zero-order chi connectivity index (χ0) is 9.07. The van der Waals surface area contributed by atoms with Crippen molar-refractivity contribution in [3.05, 3.63) is 0 Å². The van der Waals surface area contributed by atoms with Gasteiger partial charge in [0.25, 0.3) is 0 Å². The lowest BCUT2D eigenvalue weighted by Crippen LogP contribution is -2.51. The molecule has 0 unspecified atom stereocenters. The Morgan fingerprint density at radius 3 is 2.27 bits per heavy atom. The van der Waals surface area contributed by atoms with Gasteiger partial charge < -0.3 is 15.3 Å². The molecule has 0 fully saturated rings. The van der Waals surface area contributed by atoms with Gasteiger partial charge in [0.1, 0.15) is 6.61 Å². The molecule has 64 valence electrons. The highest BCUT2D eigenvalue weighted by molar-refractivity contribution is 6.02. The quantitative estimate of drug-likeness (QED) is 0.324. The Kier molecular flexibility index (Phi) is 3.31. The zero-order valence-electron chi connectivity index (χ0n) is 6.02. The van der Waals surface area contributed by atoms with E-state index in [-0.39, 0.29) is 6.29 Å². The first-order valence-corrected chi connectivity index (χ1v) is 3.00. The average Bonchev–Trinajstić information content (AvgIpc) is 2.01. The monoisotopic (exact) mass is 162 g/mol. The lowest BCUT2D eigenvalue weighted by atomic mass is 9.95. The summed E-state index contributed by atoms with van der Waals surface area (Å²) in [5, 5.41) is 26.1. The molecule has 0 aromatic rings. The summed E-state index contributed by atoms with van der Waals surface area (Å²) in [5.74, 6) is -1.11. The van der Waals surface area contributed by atoms with Crippen LogP contribution in [0.1, 0.15) is 6.92 Å². The van der Waals surface area contributed by atoms with Crippen molar-refractivity contribution < 1.29 is 24.9 Å². The van der Waals surface area contributed by atoms with E-state index in [9.17, 15) is 9.59 Å². The summed E-state index contributed by atoms with van der Waals surface area (Å²) in [6.45, 7) is 0.113. The van der Waals surface area contributed by atoms with E-state index in [4.69, 9.17) is 15.3 Å². The van der Waals surface area contributed by atoms with Crippen LogP contribution >= 0.6 is 0 Å². The van der Waals surface area contributed by atoms with E-state index in [2.05, 4.69) is 0 Å². The number of ketones is 1. The van der Waals surface area contributed by atoms with Crippen LogP contribution < -0.4 is 0 Å². The molecule has 0 bridgehead atoms. The SMILES string of the molecule is C[C@H](O)[C@](O)(C=O)C(=O)CO. The minimum Gasteiger partial charge on any atom is -0.389 e. The van der Waals surface area contributed by atoms with Gasteiger partial charge in [-0.15, -0.1) is 0 Å². The zero-order valence-corrected chi connectivity index (χ0v) is 6.02. The van der Waals surface area contributed by atoms with Crippen molar-refractivity contribution in [2.75, 3.05) is 6.61 Å². The van der Waals surface area contributed by atoms with E-state index in [1.54, 1.807) is 0 Å². The average molecular weight is 162 g/mol. The second kappa shape index (κ2) is 3.56. The maximum Gasteiger partial charge on any atom is 0.206 e. The normalized spacial score (nSPS) is 18.5. The van der Waals surface area contributed by atoms with Gasteiger partial charge in [0, 0.05) is 0 Å². The minimum atomic E-state index is -2.46. The second-order valence-corrected chi connectivity index (χ2v) is 2.20. The lowest BCUT2D eigenvalue weighted by Gasteiger charge is -2.21. The van der Waals surface area contributed by atoms with Gasteiger partial charge in [0.05, 0.1) is 6.10 Å². The second-order valence-electron chi connectivity index (χ2n) is 2.20. The lowest BCUT2D eigenvalue weighted by molar-refractivity contribution is -0.156. The standard InChI is InChI=1S/C6H10O5/c1-4(9)6(11,3-8)5(10)2-7/h3-4,7,9,11H,2H2,1H3/t4-,6+/m0/s1. The number of aldehydes is 1. The molecular formula is C6H10O5. The predicted octanol–water partition coefficient (Wildman–Crippen LogP) is -2.14. The van der Waals surface area contributed by atoms with Crippen molar-refractivity contribution in [3.8, 4) is 0 Å². The molecule has 0 aromatic heterocycles. The molecule has 11 heavy (non-hydrogen) atoms. The molecule has 0 aliphatic rings. The Labute approximate surface area is 63.3 Å². The van der Waals surface area contributed by atoms with Gasteiger partial charge in [-0.3, -0.25) is 9.59 Å². The first kappa shape index (κ1) is 10.2. The van der Waals surface area contributed by atoms with E-state index < -0.39 is 24.1 Å². The first-order valence-electron chi connectivity index (χ1n) is 3.00. The predicted molar refractivity (Wildman–Crippen MR) is 34.8 cm³/mol. The fourth-order valence-corrected chi connectivity index (χ4v) is 0.524. The largest absolute Gasteiger partial charge is 0.389 e. The number of hydrogen-bond acceptors (Lipinski definition) is 5. The highest BCUT2D eigenvalue weighted by Crippen LogP contribution is 2.08. The van der Waals surface area contributed by atoms with Crippen LogP contribution in [-0.2, 0) is 9.59 Å². The van der Waals surface area contributed by atoms with E-state index in [1.807, 2.05) is 0 Å². The molecule has 0 radical (unpaired) electrons. The number of aliphatic hydroxyl groups excluding tert-OH is 2. The molecule has 0 heterocycles. The Balaban J connectivity index is 4.59. The molecule has 0 aromatic carbocycles. The highest BCUT2D eigenvalue weighted by atomic mass is 16.4. The fraction of sp³-hybridized carbons (Fsp3) is 0.667. The molecule has 0 aliphatic carbocycles. The molecule has 5 heteroatoms. The van der Waals surface area contributed by atoms with Crippen LogP contribution in [0, 0.1) is 0 Å². The topological polar surface area (TPSA) is 94.8 Å². The summed E-state index contributed by atoms with van der Waals surface area (Å²) in [6.07, 6.45) is -1.60. The Morgan fingerprint density at radius 2 is 2.18 bits per heavy atom. The van der Waals surface area contributed by atoms with Crippen molar-refractivity contribution in [3.63, 3.8) is 0 Å². The maximum atomic E-state index is 10.6. The van der Waals surface area contributed by atoms with Crippen LogP contribution in [0.5, 0.6) is 0 Å². The molecule has 3 N–H and O–H groups in total. The third kappa shape index (κ3) is 1.83. The fourth-order valence-electron chi connectivity index (χ4n) is 0.524. The van der Waals surface area contributed by atoms with E-state index >= 15 is 0 Å². The third-order valence-electron chi connectivity index (χ3n) is 1.41. The van der Waals surface area contributed by atoms with Crippen molar-refractivity contribution in [2.24, 2.45) is 0 Å². The molecule has 0 saturated carbocycles. The van der Waals surface area contributed by atoms with Gasteiger partial charge in [-0.05, 0) is 6.92 Å². The van der Waals surface area contributed by atoms with Crippen molar-refractivity contribution in [1.29, 1.82) is 0 Å². The summed E-state index contributed by atoms with van der Waals surface area (Å²) in [6, 6.07) is 0. The van der Waals surface area contributed by atoms with Crippen molar-refractivity contribution in [2.45, 2.75) is 18.6 Å². The van der Waals surface area contributed by atoms with Gasteiger partial charge in [0.15, 0.2) is 12.1 Å². The molecule has 0 spiro atoms. The van der Waals surface area contributed by atoms with E-state index in [1.165, 1.54) is 0 Å². The smallest absolute Gasteiger partial charge is 0.206 e. The Hall–Kier alpha value is -0.780. The van der Waals surface area contributed by atoms with E-state index in [0.717, 1.165) is 6.92 Å². The van der Waals surface area contributed by atoms with Gasteiger partial charge in [-0.25, -0.2) is 0 Å². The van der Waals surface area contributed by atoms with Crippen LogP contribution in [0.2, 0.25) is 0 Å². The van der Waals surface area contributed by atoms with Crippen LogP contribution in [0.4, 0.5) is 0 Å². The molecule has 0 amide bonds. The number of Topliss-reactive ketones (excluding diaryl/α,β-unsaturated/α-hetero) is 1. The summed E-state index contributed by atoms with van der Waals surface area (Å²) in [5.41, 5.74) is -2.46. The Morgan fingerprint density at radius 1 is 1.73 bits per heavy atom. The molecule has 2 atom stereocenters. The van der Waals surface area contributed by atoms with Crippen LogP contribution in [-0.4, -0.2) is 45.7 Å². The summed E-state index contributed by atoms with van der Waals surface area (Å²) in [4.78, 5) is 20.7. The summed E-state index contributed by atoms with van der Waals surface area (Å²) < 4.78 is 0. The van der Waals surface area contributed by atoms with Crippen LogP contribution in [0.25, 0.3) is 0 Å². The number of carbonyl (C=O) groups excluding carboxylic acids is 2. The molecule has 0 rings (SSSR count). The molecule has 0 aliphatic heterocycles. The van der Waals surface area contributed by atoms with Crippen LogP contribution in [0.3, 0.4) is 0 Å². The van der Waals surface area contributed by atoms with Crippen molar-refractivity contribution in [1.82, 2.24) is 0 Å². The number of carbonyl (C=O) groups is 2. The highest BCUT2D eigenvalue weighted by Gasteiger charge is 2.39. The van der Waals surface area contributed by atoms with Gasteiger partial charge >= 0.3 is 0 Å². The van der Waals surface area contributed by atoms with Crippen molar-refractivity contribution >= 4 is 12.1 Å².